The molecule has 0 fully saturated rings. The monoisotopic (exact) mass is 866 g/mol. The van der Waals surface area contributed by atoms with Crippen LogP contribution in [-0.2, 0) is 0 Å². The summed E-state index contributed by atoms with van der Waals surface area (Å²) in [5.41, 5.74) is 13.1. The third kappa shape index (κ3) is 7.11. The lowest BCUT2D eigenvalue weighted by molar-refractivity contribution is 1.28. The van der Waals surface area contributed by atoms with Gasteiger partial charge in [-0.1, -0.05) is 109 Å². The van der Waals surface area contributed by atoms with Crippen LogP contribution in [0, 0.1) is 35.8 Å². The molecule has 0 spiro atoms. The molecule has 0 saturated heterocycles. The van der Waals surface area contributed by atoms with Gasteiger partial charge >= 0.3 is 0 Å². The highest BCUT2D eigenvalue weighted by Gasteiger charge is 2.21. The molecule has 0 N–H and O–H groups in total. The van der Waals surface area contributed by atoms with Gasteiger partial charge in [-0.15, -0.1) is 0 Å². The number of nitriles is 2. The van der Waals surface area contributed by atoms with Gasteiger partial charge in [-0.05, 0) is 135 Å². The molecule has 8 nitrogen and oxygen atoms in total. The molecule has 0 atom stereocenters. The van der Waals surface area contributed by atoms with Crippen LogP contribution in [0.5, 0.6) is 0 Å². The van der Waals surface area contributed by atoms with Crippen molar-refractivity contribution in [1.82, 2.24) is 9.97 Å². The Hall–Kier alpha value is -10.1. The second kappa shape index (κ2) is 17.1. The Labute approximate surface area is 392 Å². The van der Waals surface area contributed by atoms with Crippen molar-refractivity contribution in [2.75, 3.05) is 9.80 Å². The van der Waals surface area contributed by atoms with Crippen LogP contribution in [0.1, 0.15) is 11.1 Å². The Morgan fingerprint density at radius 1 is 0.368 bits per heavy atom. The highest BCUT2D eigenvalue weighted by molar-refractivity contribution is 6.25. The van der Waals surface area contributed by atoms with Crippen molar-refractivity contribution < 1.29 is 0 Å². The second-order valence-electron chi connectivity index (χ2n) is 16.2. The molecule has 0 aliphatic heterocycles. The van der Waals surface area contributed by atoms with Crippen molar-refractivity contribution in [1.29, 1.82) is 10.5 Å². The first-order valence-electron chi connectivity index (χ1n) is 21.8. The van der Waals surface area contributed by atoms with E-state index in [1.807, 2.05) is 72.8 Å². The fraction of sp³-hybridized carbons (Fsp3) is 0. The normalized spacial score (nSPS) is 10.9. The van der Waals surface area contributed by atoms with Crippen molar-refractivity contribution in [2.24, 2.45) is 0 Å². The third-order valence-electron chi connectivity index (χ3n) is 12.3. The molecule has 1 aromatic heterocycles. The Morgan fingerprint density at radius 2 is 0.676 bits per heavy atom. The summed E-state index contributed by atoms with van der Waals surface area (Å²) in [6.07, 6.45) is 0. The van der Waals surface area contributed by atoms with Crippen LogP contribution in [0.3, 0.4) is 0 Å². The van der Waals surface area contributed by atoms with Crippen LogP contribution in [0.4, 0.5) is 45.5 Å². The standard InChI is InChI=1S/C60H34N8/c1-63-55-35-52-51-31-41(37-61)42(38-62)32-53(51)59-60(54(52)36-56(55)64-2)66-58-34-50(40-25-29-48(30-26-40)68(45-19-11-5-12-20-45)46-21-13-6-14-22-46)49(33-57(58)65-59)39-23-27-47(28-24-39)67(43-15-7-3-8-16-43)44-17-9-4-10-18-44/h3-36H. The number of anilines is 6. The first-order valence-corrected chi connectivity index (χ1v) is 21.8. The highest BCUT2D eigenvalue weighted by Crippen LogP contribution is 2.44. The van der Waals surface area contributed by atoms with E-state index in [2.05, 4.69) is 141 Å². The molecule has 0 bridgehead atoms. The van der Waals surface area contributed by atoms with Crippen molar-refractivity contribution in [3.05, 3.63) is 240 Å². The Bertz CT molecular complexity index is 3590. The first kappa shape index (κ1) is 40.6. The molecule has 11 rings (SSSR count). The smallest absolute Gasteiger partial charge is 0.195 e. The van der Waals surface area contributed by atoms with Gasteiger partial charge in [0.15, 0.2) is 11.4 Å². The molecule has 1 heterocycles. The maximum absolute atomic E-state index is 10.1. The zero-order chi connectivity index (χ0) is 46.1. The summed E-state index contributed by atoms with van der Waals surface area (Å²) in [6, 6.07) is 73.6. The number of benzene rings is 10. The van der Waals surface area contributed by atoms with E-state index in [1.54, 1.807) is 24.3 Å². The SMILES string of the molecule is [C-]#[N+]c1cc2c3cc(C#N)c(C#N)cc3c3nc4cc(-c5ccc(N(c6ccccc6)c6ccccc6)cc5)c(-c5ccc(N(c6ccccc6)c6ccccc6)cc5)cc4nc3c2cc1[N+]#[C-]. The molecule has 314 valence electrons. The van der Waals surface area contributed by atoms with Gasteiger partial charge in [-0.2, -0.15) is 10.5 Å². The molecule has 0 aliphatic carbocycles. The van der Waals surface area contributed by atoms with E-state index in [-0.39, 0.29) is 22.5 Å². The topological polar surface area (TPSA) is 88.6 Å². The third-order valence-corrected chi connectivity index (χ3v) is 12.3. The van der Waals surface area contributed by atoms with Gasteiger partial charge in [0.2, 0.25) is 0 Å². The summed E-state index contributed by atoms with van der Waals surface area (Å²) >= 11 is 0. The number of rotatable bonds is 8. The molecular formula is C60H34N8. The van der Waals surface area contributed by atoms with Crippen LogP contribution in [0.15, 0.2) is 206 Å². The Morgan fingerprint density at radius 3 is 1.03 bits per heavy atom. The molecule has 11 aromatic rings. The predicted octanol–water partition coefficient (Wildman–Crippen LogP) is 16.2. The lowest BCUT2D eigenvalue weighted by atomic mass is 9.92. The predicted molar refractivity (Wildman–Crippen MR) is 274 cm³/mol. The minimum atomic E-state index is 0.194. The molecule has 0 unspecified atom stereocenters. The number of para-hydroxylation sites is 4. The van der Waals surface area contributed by atoms with Gasteiger partial charge < -0.3 is 9.80 Å². The van der Waals surface area contributed by atoms with Crippen LogP contribution in [-0.4, -0.2) is 9.97 Å². The quantitative estimate of drug-likeness (QED) is 0.0859. The summed E-state index contributed by atoms with van der Waals surface area (Å²) < 4.78 is 0. The summed E-state index contributed by atoms with van der Waals surface area (Å²) in [4.78, 5) is 22.5. The van der Waals surface area contributed by atoms with E-state index in [0.29, 0.717) is 43.6 Å². The summed E-state index contributed by atoms with van der Waals surface area (Å²) in [6.45, 7) is 15.8. The van der Waals surface area contributed by atoms with Crippen LogP contribution >= 0.6 is 0 Å². The van der Waals surface area contributed by atoms with E-state index in [1.165, 1.54) is 0 Å². The van der Waals surface area contributed by atoms with Crippen molar-refractivity contribution in [2.45, 2.75) is 0 Å². The van der Waals surface area contributed by atoms with E-state index in [0.717, 1.165) is 56.4 Å². The van der Waals surface area contributed by atoms with Gasteiger partial charge in [0.25, 0.3) is 0 Å². The van der Waals surface area contributed by atoms with Crippen molar-refractivity contribution >= 4 is 89.1 Å². The highest BCUT2D eigenvalue weighted by atomic mass is 15.1. The van der Waals surface area contributed by atoms with Crippen LogP contribution < -0.4 is 9.80 Å². The maximum Gasteiger partial charge on any atom is 0.195 e. The average molecular weight is 867 g/mol. The number of nitrogens with zero attached hydrogens (tertiary/aromatic N) is 8. The van der Waals surface area contributed by atoms with Gasteiger partial charge in [-0.25, -0.2) is 9.97 Å². The Balaban J connectivity index is 1.15. The van der Waals surface area contributed by atoms with Crippen molar-refractivity contribution in [3.63, 3.8) is 0 Å². The number of aromatic nitrogens is 2. The number of fused-ring (bicyclic) bond motifs is 7. The number of hydrogen-bond donors (Lipinski definition) is 0. The fourth-order valence-electron chi connectivity index (χ4n) is 9.12. The minimum Gasteiger partial charge on any atom is -0.311 e. The molecule has 10 aromatic carbocycles. The van der Waals surface area contributed by atoms with Crippen LogP contribution in [0.2, 0.25) is 0 Å². The lowest BCUT2D eigenvalue weighted by Gasteiger charge is -2.26. The van der Waals surface area contributed by atoms with Crippen molar-refractivity contribution in [3.8, 4) is 34.4 Å². The van der Waals surface area contributed by atoms with Gasteiger partial charge in [-0.3, -0.25) is 9.69 Å². The molecule has 0 aliphatic rings. The lowest BCUT2D eigenvalue weighted by Crippen LogP contribution is -2.09. The van der Waals surface area contributed by atoms with Gasteiger partial charge in [0.05, 0.1) is 46.3 Å². The minimum absolute atomic E-state index is 0.194. The largest absolute Gasteiger partial charge is 0.311 e. The van der Waals surface area contributed by atoms with Gasteiger partial charge in [0.1, 0.15) is 12.1 Å². The second-order valence-corrected chi connectivity index (χ2v) is 16.2. The summed E-state index contributed by atoms with van der Waals surface area (Å²) in [7, 11) is 0. The first-order chi connectivity index (χ1) is 33.5. The molecule has 68 heavy (non-hydrogen) atoms. The average Bonchev–Trinajstić information content (AvgIpc) is 3.41. The molecule has 0 saturated carbocycles. The maximum atomic E-state index is 10.1. The number of hydrogen-bond acceptors (Lipinski definition) is 6. The van der Waals surface area contributed by atoms with E-state index in [9.17, 15) is 10.5 Å². The van der Waals surface area contributed by atoms with E-state index < -0.39 is 0 Å². The molecule has 8 heteroatoms. The summed E-state index contributed by atoms with van der Waals surface area (Å²) in [5.74, 6) is 0. The zero-order valence-corrected chi connectivity index (χ0v) is 36.2. The van der Waals surface area contributed by atoms with Gasteiger partial charge in [0, 0.05) is 39.5 Å². The fourth-order valence-corrected chi connectivity index (χ4v) is 9.12. The van der Waals surface area contributed by atoms with E-state index >= 15 is 0 Å². The summed E-state index contributed by atoms with van der Waals surface area (Å²) in [5, 5.41) is 22.8. The van der Waals surface area contributed by atoms with Crippen LogP contribution in [0.25, 0.3) is 75.6 Å². The molecular weight excluding hydrogens is 833 g/mol. The Kier molecular flexibility index (Phi) is 10.2. The van der Waals surface area contributed by atoms with E-state index in [4.69, 9.17) is 23.1 Å². The zero-order valence-electron chi connectivity index (χ0n) is 36.2. The molecule has 0 amide bonds. The molecule has 0 radical (unpaired) electrons.